The second-order valence-corrected chi connectivity index (χ2v) is 8.33. The Kier molecular flexibility index (Phi) is 6.29. The number of pyridine rings is 1. The van der Waals surface area contributed by atoms with Crippen LogP contribution in [0.5, 0.6) is 0 Å². The second-order valence-electron chi connectivity index (χ2n) is 8.33. The standard InChI is InChI=1S/C25H28N4O2/c1-15-9-19(20-13-28-17(3)29-14-20)7-8-22(15)25(4,5)23(30)11-18-10-21(24(31)26-6)16(2)27-12-18/h7-10,12-14H,11H2,1-6H3,(H,26,31). The van der Waals surface area contributed by atoms with Gasteiger partial charge in [-0.3, -0.25) is 14.6 Å². The molecule has 31 heavy (non-hydrogen) atoms. The SMILES string of the molecule is CNC(=O)c1cc(CC(=O)C(C)(C)c2ccc(-c3cnc(C)nc3)cc2C)cnc1C. The largest absolute Gasteiger partial charge is 0.355 e. The maximum absolute atomic E-state index is 13.3. The molecule has 0 aliphatic heterocycles. The van der Waals surface area contributed by atoms with Crippen molar-refractivity contribution in [3.05, 3.63) is 76.6 Å². The van der Waals surface area contributed by atoms with Gasteiger partial charge in [0.25, 0.3) is 5.91 Å². The van der Waals surface area contributed by atoms with E-state index in [1.54, 1.807) is 26.2 Å². The molecule has 2 aromatic heterocycles. The van der Waals surface area contributed by atoms with Crippen molar-refractivity contribution in [1.82, 2.24) is 20.3 Å². The lowest BCUT2D eigenvalue weighted by molar-refractivity contribution is -0.122. The first-order chi connectivity index (χ1) is 14.6. The molecule has 0 radical (unpaired) electrons. The molecule has 0 aliphatic carbocycles. The van der Waals surface area contributed by atoms with Gasteiger partial charge in [-0.1, -0.05) is 18.2 Å². The molecule has 3 rings (SSSR count). The summed E-state index contributed by atoms with van der Waals surface area (Å²) in [6, 6.07) is 7.83. The number of carbonyl (C=O) groups excluding carboxylic acids is 2. The molecule has 1 N–H and O–H groups in total. The Morgan fingerprint density at radius 2 is 1.61 bits per heavy atom. The summed E-state index contributed by atoms with van der Waals surface area (Å²) in [4.78, 5) is 38.2. The minimum Gasteiger partial charge on any atom is -0.355 e. The van der Waals surface area contributed by atoms with Gasteiger partial charge >= 0.3 is 0 Å². The average molecular weight is 417 g/mol. The fraction of sp³-hybridized carbons (Fsp3) is 0.320. The molecule has 160 valence electrons. The number of ketones is 1. The highest BCUT2D eigenvalue weighted by Gasteiger charge is 2.31. The third kappa shape index (κ3) is 4.68. The third-order valence-corrected chi connectivity index (χ3v) is 5.69. The summed E-state index contributed by atoms with van der Waals surface area (Å²) in [5.74, 6) is 0.592. The predicted molar refractivity (Wildman–Crippen MR) is 121 cm³/mol. The number of rotatable bonds is 6. The molecule has 6 heteroatoms. The van der Waals surface area contributed by atoms with E-state index < -0.39 is 5.41 Å². The Labute approximate surface area is 183 Å². The Hall–Kier alpha value is -3.41. The van der Waals surface area contributed by atoms with Gasteiger partial charge < -0.3 is 5.32 Å². The number of aromatic nitrogens is 3. The van der Waals surface area contributed by atoms with Gasteiger partial charge in [0, 0.05) is 48.7 Å². The van der Waals surface area contributed by atoms with E-state index in [1.165, 1.54) is 0 Å². The second kappa shape index (κ2) is 8.76. The molecular weight excluding hydrogens is 388 g/mol. The summed E-state index contributed by atoms with van der Waals surface area (Å²) in [5.41, 5.74) is 5.13. The van der Waals surface area contributed by atoms with Crippen molar-refractivity contribution in [2.75, 3.05) is 7.05 Å². The van der Waals surface area contributed by atoms with Crippen molar-refractivity contribution < 1.29 is 9.59 Å². The normalized spacial score (nSPS) is 11.3. The van der Waals surface area contributed by atoms with Gasteiger partial charge in [0.1, 0.15) is 11.6 Å². The van der Waals surface area contributed by atoms with Crippen molar-refractivity contribution in [3.8, 4) is 11.1 Å². The summed E-state index contributed by atoms with van der Waals surface area (Å²) >= 11 is 0. The van der Waals surface area contributed by atoms with Crippen LogP contribution in [0.4, 0.5) is 0 Å². The first kappa shape index (κ1) is 22.3. The molecule has 3 aromatic rings. The Morgan fingerprint density at radius 1 is 0.935 bits per heavy atom. The van der Waals surface area contributed by atoms with Crippen LogP contribution >= 0.6 is 0 Å². The summed E-state index contributed by atoms with van der Waals surface area (Å²) < 4.78 is 0. The molecule has 2 heterocycles. The van der Waals surface area contributed by atoms with E-state index in [0.29, 0.717) is 11.3 Å². The zero-order valence-electron chi connectivity index (χ0n) is 18.9. The number of benzene rings is 1. The Morgan fingerprint density at radius 3 is 2.23 bits per heavy atom. The number of carbonyl (C=O) groups is 2. The van der Waals surface area contributed by atoms with Crippen LogP contribution in [0.25, 0.3) is 11.1 Å². The zero-order valence-corrected chi connectivity index (χ0v) is 18.9. The summed E-state index contributed by atoms with van der Waals surface area (Å²) in [6.07, 6.45) is 5.49. The van der Waals surface area contributed by atoms with Crippen LogP contribution in [0.1, 0.15) is 52.4 Å². The van der Waals surface area contributed by atoms with Crippen molar-refractivity contribution >= 4 is 11.7 Å². The van der Waals surface area contributed by atoms with Crippen molar-refractivity contribution in [2.45, 2.75) is 46.5 Å². The van der Waals surface area contributed by atoms with Gasteiger partial charge in [0.2, 0.25) is 0 Å². The lowest BCUT2D eigenvalue weighted by Crippen LogP contribution is -2.31. The maximum Gasteiger partial charge on any atom is 0.252 e. The fourth-order valence-electron chi connectivity index (χ4n) is 3.68. The number of hydrogen-bond donors (Lipinski definition) is 1. The van der Waals surface area contributed by atoms with Gasteiger partial charge in [-0.25, -0.2) is 9.97 Å². The molecule has 0 aliphatic rings. The molecule has 0 fully saturated rings. The van der Waals surface area contributed by atoms with E-state index in [9.17, 15) is 9.59 Å². The molecule has 0 atom stereocenters. The number of nitrogens with zero attached hydrogens (tertiary/aromatic N) is 3. The van der Waals surface area contributed by atoms with E-state index in [4.69, 9.17) is 0 Å². The Bertz CT molecular complexity index is 1130. The third-order valence-electron chi connectivity index (χ3n) is 5.69. The smallest absolute Gasteiger partial charge is 0.252 e. The highest BCUT2D eigenvalue weighted by molar-refractivity contribution is 5.96. The van der Waals surface area contributed by atoms with Crippen molar-refractivity contribution in [1.29, 1.82) is 0 Å². The molecule has 0 spiro atoms. The molecular formula is C25H28N4O2. The summed E-state index contributed by atoms with van der Waals surface area (Å²) in [5, 5.41) is 2.62. The molecule has 6 nitrogen and oxygen atoms in total. The monoisotopic (exact) mass is 416 g/mol. The first-order valence-corrected chi connectivity index (χ1v) is 10.2. The Balaban J connectivity index is 1.86. The highest BCUT2D eigenvalue weighted by Crippen LogP contribution is 2.31. The van der Waals surface area contributed by atoms with Crippen LogP contribution < -0.4 is 5.32 Å². The first-order valence-electron chi connectivity index (χ1n) is 10.2. The molecule has 1 aromatic carbocycles. The van der Waals surface area contributed by atoms with Gasteiger partial charge in [-0.15, -0.1) is 0 Å². The van der Waals surface area contributed by atoms with Gasteiger partial charge in [-0.2, -0.15) is 0 Å². The number of Topliss-reactive ketones (excluding diaryl/α,β-unsaturated/α-hetero) is 1. The molecule has 0 saturated heterocycles. The summed E-state index contributed by atoms with van der Waals surface area (Å²) in [6.45, 7) is 9.53. The van der Waals surface area contributed by atoms with E-state index in [1.807, 2.05) is 52.2 Å². The minimum atomic E-state index is -0.690. The number of amides is 1. The molecule has 0 saturated carbocycles. The van der Waals surface area contributed by atoms with Crippen LogP contribution in [-0.4, -0.2) is 33.7 Å². The van der Waals surface area contributed by atoms with Crippen LogP contribution in [0.3, 0.4) is 0 Å². The van der Waals surface area contributed by atoms with E-state index in [-0.39, 0.29) is 18.1 Å². The number of nitrogens with one attached hydrogen (secondary N) is 1. The molecule has 0 bridgehead atoms. The van der Waals surface area contributed by atoms with Gasteiger partial charge in [0.15, 0.2) is 0 Å². The maximum atomic E-state index is 13.3. The van der Waals surface area contributed by atoms with Crippen LogP contribution in [0.2, 0.25) is 0 Å². The van der Waals surface area contributed by atoms with Crippen molar-refractivity contribution in [3.63, 3.8) is 0 Å². The number of hydrogen-bond acceptors (Lipinski definition) is 5. The van der Waals surface area contributed by atoms with Crippen LogP contribution in [-0.2, 0) is 16.6 Å². The zero-order chi connectivity index (χ0) is 22.8. The minimum absolute atomic E-state index is 0.0653. The number of aryl methyl sites for hydroxylation is 3. The topological polar surface area (TPSA) is 84.8 Å². The fourth-order valence-corrected chi connectivity index (χ4v) is 3.68. The van der Waals surface area contributed by atoms with Crippen LogP contribution in [0, 0.1) is 20.8 Å². The lowest BCUT2D eigenvalue weighted by atomic mass is 9.76. The van der Waals surface area contributed by atoms with Gasteiger partial charge in [-0.05, 0) is 62.9 Å². The lowest BCUT2D eigenvalue weighted by Gasteiger charge is -2.26. The van der Waals surface area contributed by atoms with E-state index in [0.717, 1.165) is 33.6 Å². The molecule has 1 amide bonds. The van der Waals surface area contributed by atoms with E-state index in [2.05, 4.69) is 26.3 Å². The molecule has 0 unspecified atom stereocenters. The van der Waals surface area contributed by atoms with E-state index >= 15 is 0 Å². The predicted octanol–water partition coefficient (Wildman–Crippen LogP) is 3.91. The summed E-state index contributed by atoms with van der Waals surface area (Å²) in [7, 11) is 1.58. The average Bonchev–Trinajstić information content (AvgIpc) is 2.74. The van der Waals surface area contributed by atoms with Gasteiger partial charge in [0.05, 0.1) is 5.56 Å². The van der Waals surface area contributed by atoms with Crippen molar-refractivity contribution in [2.24, 2.45) is 0 Å². The quantitative estimate of drug-likeness (QED) is 0.658. The highest BCUT2D eigenvalue weighted by atomic mass is 16.1. The van der Waals surface area contributed by atoms with Crippen LogP contribution in [0.15, 0.2) is 42.9 Å².